The summed E-state index contributed by atoms with van der Waals surface area (Å²) < 4.78 is 29.5. The lowest BCUT2D eigenvalue weighted by atomic mass is 10.1. The molecule has 7 nitrogen and oxygen atoms in total. The van der Waals surface area contributed by atoms with E-state index < -0.39 is 0 Å². The fraction of sp³-hybridized carbons (Fsp3) is 0.417. The molecule has 2 atom stereocenters. The zero-order chi connectivity index (χ0) is 23.3. The predicted molar refractivity (Wildman–Crippen MR) is 118 cm³/mol. The van der Waals surface area contributed by atoms with E-state index in [1.54, 1.807) is 23.1 Å². The Morgan fingerprint density at radius 1 is 1.06 bits per heavy atom. The first-order chi connectivity index (χ1) is 15.4. The number of hydrogen-bond donors (Lipinski definition) is 0. The van der Waals surface area contributed by atoms with Crippen LogP contribution in [0, 0.1) is 5.82 Å². The average Bonchev–Trinajstić information content (AvgIpc) is 2.80. The highest BCUT2D eigenvalue weighted by atomic mass is 19.1. The lowest BCUT2D eigenvalue weighted by molar-refractivity contribution is -0.139. The summed E-state index contributed by atoms with van der Waals surface area (Å²) in [5.74, 6) is 0.562. The maximum absolute atomic E-state index is 13.2. The molecule has 1 aliphatic heterocycles. The number of methoxy groups -OCH3 is 2. The molecular weight excluding hydrogens is 415 g/mol. The Labute approximate surface area is 187 Å². The second-order valence-electron chi connectivity index (χ2n) is 7.96. The van der Waals surface area contributed by atoms with Gasteiger partial charge >= 0.3 is 0 Å². The second kappa shape index (κ2) is 10.5. The minimum atomic E-state index is -0.251. The molecule has 0 unspecified atom stereocenters. The van der Waals surface area contributed by atoms with E-state index in [4.69, 9.17) is 14.2 Å². The second-order valence-corrected chi connectivity index (χ2v) is 7.96. The van der Waals surface area contributed by atoms with Crippen LogP contribution in [0.5, 0.6) is 17.2 Å². The summed E-state index contributed by atoms with van der Waals surface area (Å²) in [4.78, 5) is 28.2. The van der Waals surface area contributed by atoms with E-state index >= 15 is 0 Å². The van der Waals surface area contributed by atoms with Gasteiger partial charge in [-0.1, -0.05) is 12.1 Å². The van der Waals surface area contributed by atoms with E-state index in [0.717, 1.165) is 5.56 Å². The zero-order valence-corrected chi connectivity index (χ0v) is 18.8. The number of carbonyl (C=O) groups excluding carboxylic acids is 2. The van der Waals surface area contributed by atoms with Crippen molar-refractivity contribution in [2.75, 3.05) is 33.9 Å². The molecule has 1 fully saturated rings. The van der Waals surface area contributed by atoms with Crippen molar-refractivity contribution >= 4 is 12.2 Å². The molecular formula is C24H29FN2O5. The molecule has 0 bridgehead atoms. The van der Waals surface area contributed by atoms with Crippen LogP contribution >= 0.6 is 0 Å². The van der Waals surface area contributed by atoms with E-state index in [1.807, 2.05) is 6.92 Å². The number of rotatable bonds is 8. The van der Waals surface area contributed by atoms with Crippen molar-refractivity contribution in [3.8, 4) is 17.2 Å². The molecule has 8 heteroatoms. The van der Waals surface area contributed by atoms with Gasteiger partial charge in [0.05, 0.1) is 14.2 Å². The molecule has 32 heavy (non-hydrogen) atoms. The molecule has 2 aromatic rings. The van der Waals surface area contributed by atoms with Gasteiger partial charge < -0.3 is 19.1 Å². The van der Waals surface area contributed by atoms with E-state index in [1.165, 1.54) is 32.4 Å². The summed E-state index contributed by atoms with van der Waals surface area (Å²) in [5, 5.41) is 0. The smallest absolute Gasteiger partial charge is 0.260 e. The Balaban J connectivity index is 1.64. The van der Waals surface area contributed by atoms with Crippen molar-refractivity contribution in [2.45, 2.75) is 32.5 Å². The van der Waals surface area contributed by atoms with Crippen LogP contribution in [0.4, 0.5) is 4.39 Å². The molecule has 0 aliphatic carbocycles. The van der Waals surface area contributed by atoms with Gasteiger partial charge in [-0.05, 0) is 43.7 Å². The number of nitrogens with zero attached hydrogens (tertiary/aromatic N) is 2. The predicted octanol–water partition coefficient (Wildman–Crippen LogP) is 3.16. The summed E-state index contributed by atoms with van der Waals surface area (Å²) in [6.45, 7) is 5.83. The molecule has 2 aromatic carbocycles. The first kappa shape index (κ1) is 23.5. The van der Waals surface area contributed by atoms with Crippen LogP contribution in [0.2, 0.25) is 0 Å². The Hall–Kier alpha value is -3.13. The maximum atomic E-state index is 13.2. The number of carbonyl (C=O) groups is 2. The van der Waals surface area contributed by atoms with Crippen molar-refractivity contribution in [3.63, 3.8) is 0 Å². The van der Waals surface area contributed by atoms with Gasteiger partial charge in [0.25, 0.3) is 5.91 Å². The third-order valence-corrected chi connectivity index (χ3v) is 5.69. The third-order valence-electron chi connectivity index (χ3n) is 5.69. The van der Waals surface area contributed by atoms with Crippen molar-refractivity contribution in [1.29, 1.82) is 0 Å². The first-order valence-corrected chi connectivity index (χ1v) is 10.5. The quantitative estimate of drug-likeness (QED) is 0.583. The van der Waals surface area contributed by atoms with Gasteiger partial charge in [-0.15, -0.1) is 0 Å². The molecule has 0 aromatic heterocycles. The largest absolute Gasteiger partial charge is 0.493 e. The minimum absolute atomic E-state index is 0.0134. The molecule has 0 saturated carbocycles. The Kier molecular flexibility index (Phi) is 7.69. The molecule has 0 radical (unpaired) electrons. The number of benzene rings is 2. The highest BCUT2D eigenvalue weighted by Gasteiger charge is 2.32. The number of amides is 1. The zero-order valence-electron chi connectivity index (χ0n) is 18.8. The van der Waals surface area contributed by atoms with Crippen LogP contribution in [-0.2, 0) is 11.3 Å². The molecule has 172 valence electrons. The lowest BCUT2D eigenvalue weighted by Gasteiger charge is -2.44. The molecule has 1 heterocycles. The Morgan fingerprint density at radius 2 is 1.75 bits per heavy atom. The standard InChI is InChI=1S/C24H29FN2O5/c1-16-12-27(17(2)11-26(16)13-18-5-7-20(25)8-6-18)23(29)15-32-22-10-19(14-28)9-21(30-3)24(22)31-4/h5-10,14,16-17H,11-13,15H2,1-4H3/t16-,17+/m1/s1. The van der Waals surface area contributed by atoms with E-state index in [2.05, 4.69) is 11.8 Å². The number of aldehydes is 1. The van der Waals surface area contributed by atoms with Crippen molar-refractivity contribution in [1.82, 2.24) is 9.80 Å². The topological polar surface area (TPSA) is 68.3 Å². The third kappa shape index (κ3) is 5.37. The minimum Gasteiger partial charge on any atom is -0.493 e. The SMILES string of the molecule is COc1cc(C=O)cc(OCC(=O)N2C[C@@H](C)N(Cc3ccc(F)cc3)C[C@@H]2C)c1OC. The first-order valence-electron chi connectivity index (χ1n) is 10.5. The normalized spacial score (nSPS) is 18.8. The van der Waals surface area contributed by atoms with Crippen LogP contribution in [-0.4, -0.2) is 68.0 Å². The van der Waals surface area contributed by atoms with Gasteiger partial charge in [0.1, 0.15) is 12.1 Å². The number of piperazine rings is 1. The van der Waals surface area contributed by atoms with Crippen molar-refractivity contribution in [3.05, 3.63) is 53.3 Å². The highest BCUT2D eigenvalue weighted by Crippen LogP contribution is 2.38. The van der Waals surface area contributed by atoms with Crippen LogP contribution in [0.1, 0.15) is 29.8 Å². The number of hydrogen-bond acceptors (Lipinski definition) is 6. The van der Waals surface area contributed by atoms with Gasteiger partial charge in [0.2, 0.25) is 5.75 Å². The fourth-order valence-corrected chi connectivity index (χ4v) is 3.94. The summed E-state index contributed by atoms with van der Waals surface area (Å²) in [7, 11) is 2.94. The van der Waals surface area contributed by atoms with Crippen LogP contribution < -0.4 is 14.2 Å². The van der Waals surface area contributed by atoms with Gasteiger partial charge in [-0.2, -0.15) is 0 Å². The van der Waals surface area contributed by atoms with Crippen molar-refractivity contribution in [2.24, 2.45) is 0 Å². The van der Waals surface area contributed by atoms with Gasteiger partial charge in [0.15, 0.2) is 18.1 Å². The van der Waals surface area contributed by atoms with E-state index in [0.29, 0.717) is 43.0 Å². The average molecular weight is 445 g/mol. The molecule has 3 rings (SSSR count). The van der Waals surface area contributed by atoms with E-state index in [9.17, 15) is 14.0 Å². The molecule has 1 aliphatic rings. The van der Waals surface area contributed by atoms with Gasteiger partial charge in [-0.25, -0.2) is 4.39 Å². The van der Waals surface area contributed by atoms with Crippen LogP contribution in [0.15, 0.2) is 36.4 Å². The number of ether oxygens (including phenoxy) is 3. The molecule has 1 amide bonds. The summed E-state index contributed by atoms with van der Waals surface area (Å²) in [6.07, 6.45) is 0.681. The van der Waals surface area contributed by atoms with Gasteiger partial charge in [-0.3, -0.25) is 14.5 Å². The maximum Gasteiger partial charge on any atom is 0.260 e. The lowest BCUT2D eigenvalue weighted by Crippen LogP contribution is -2.58. The summed E-state index contributed by atoms with van der Waals surface area (Å²) in [5.41, 5.74) is 1.39. The van der Waals surface area contributed by atoms with Crippen LogP contribution in [0.25, 0.3) is 0 Å². The Bertz CT molecular complexity index is 950. The van der Waals surface area contributed by atoms with E-state index in [-0.39, 0.29) is 36.2 Å². The monoisotopic (exact) mass is 444 g/mol. The molecule has 0 N–H and O–H groups in total. The van der Waals surface area contributed by atoms with Crippen LogP contribution in [0.3, 0.4) is 0 Å². The summed E-state index contributed by atoms with van der Waals surface area (Å²) in [6, 6.07) is 9.68. The molecule has 1 saturated heterocycles. The van der Waals surface area contributed by atoms with Crippen molar-refractivity contribution < 1.29 is 28.2 Å². The summed E-state index contributed by atoms with van der Waals surface area (Å²) >= 11 is 0. The molecule has 0 spiro atoms. The Morgan fingerprint density at radius 3 is 2.38 bits per heavy atom. The fourth-order valence-electron chi connectivity index (χ4n) is 3.94. The highest BCUT2D eigenvalue weighted by molar-refractivity contribution is 5.80. The number of halogens is 1. The van der Waals surface area contributed by atoms with Gasteiger partial charge in [0, 0.05) is 37.3 Å².